The van der Waals surface area contributed by atoms with Crippen LogP contribution in [0.4, 0.5) is 11.4 Å². The van der Waals surface area contributed by atoms with Crippen LogP contribution in [-0.2, 0) is 21.1 Å². The average molecular weight is 344 g/mol. The molecule has 0 fully saturated rings. The first-order valence-electron chi connectivity index (χ1n) is 7.79. The van der Waals surface area contributed by atoms with E-state index in [1.165, 1.54) is 17.7 Å². The lowest BCUT2D eigenvalue weighted by Crippen LogP contribution is -2.37. The van der Waals surface area contributed by atoms with Crippen molar-refractivity contribution < 1.29 is 13.2 Å². The smallest absolute Gasteiger partial charge is 0.243 e. The number of rotatable bonds is 4. The Morgan fingerprint density at radius 2 is 1.96 bits per heavy atom. The van der Waals surface area contributed by atoms with Gasteiger partial charge in [-0.2, -0.15) is 0 Å². The van der Waals surface area contributed by atoms with Gasteiger partial charge in [-0.05, 0) is 43.2 Å². The summed E-state index contributed by atoms with van der Waals surface area (Å²) in [4.78, 5) is 14.7. The Bertz CT molecular complexity index is 877. The number of carbonyl (C=O) groups excluding carboxylic acids is 1. The molecule has 2 aromatic rings. The van der Waals surface area contributed by atoms with Gasteiger partial charge in [0.15, 0.2) is 9.84 Å². The zero-order valence-electron chi connectivity index (χ0n) is 13.7. The normalized spacial score (nSPS) is 16.8. The van der Waals surface area contributed by atoms with Crippen LogP contribution in [0.2, 0.25) is 0 Å². The summed E-state index contributed by atoms with van der Waals surface area (Å²) in [7, 11) is -3.29. The molecule has 0 radical (unpaired) electrons. The van der Waals surface area contributed by atoms with Crippen LogP contribution in [0.15, 0.2) is 53.4 Å². The fourth-order valence-corrected chi connectivity index (χ4v) is 3.70. The molecule has 126 valence electrons. The summed E-state index contributed by atoms with van der Waals surface area (Å²) in [5, 5.41) is 2.79. The third-order valence-corrected chi connectivity index (χ3v) is 5.32. The summed E-state index contributed by atoms with van der Waals surface area (Å²) in [6.07, 6.45) is 2.07. The van der Waals surface area contributed by atoms with E-state index in [4.69, 9.17) is 0 Å². The van der Waals surface area contributed by atoms with E-state index in [1.807, 2.05) is 18.2 Å². The molecule has 1 N–H and O–H groups in total. The number of nitrogens with one attached hydrogen (secondary N) is 1. The third-order valence-electron chi connectivity index (χ3n) is 4.21. The summed E-state index contributed by atoms with van der Waals surface area (Å²) < 4.78 is 23.2. The van der Waals surface area contributed by atoms with Crippen LogP contribution in [0, 0.1) is 0 Å². The number of anilines is 2. The number of carbonyl (C=O) groups is 1. The number of hydrogen-bond donors (Lipinski definition) is 1. The van der Waals surface area contributed by atoms with Crippen LogP contribution in [-0.4, -0.2) is 33.2 Å². The molecule has 0 spiro atoms. The van der Waals surface area contributed by atoms with Gasteiger partial charge < -0.3 is 10.2 Å². The Hall–Kier alpha value is -2.34. The van der Waals surface area contributed by atoms with E-state index in [-0.39, 0.29) is 23.4 Å². The number of amides is 1. The van der Waals surface area contributed by atoms with Crippen molar-refractivity contribution >= 4 is 27.1 Å². The van der Waals surface area contributed by atoms with Crippen molar-refractivity contribution in [1.82, 2.24) is 0 Å². The highest BCUT2D eigenvalue weighted by molar-refractivity contribution is 7.90. The van der Waals surface area contributed by atoms with Gasteiger partial charge in [-0.25, -0.2) is 8.42 Å². The van der Waals surface area contributed by atoms with Crippen molar-refractivity contribution in [2.75, 3.05) is 23.0 Å². The maximum Gasteiger partial charge on any atom is 0.243 e. The first-order valence-corrected chi connectivity index (χ1v) is 9.68. The molecule has 0 saturated heterocycles. The van der Waals surface area contributed by atoms with E-state index in [2.05, 4.69) is 23.2 Å². The minimum absolute atomic E-state index is 0.163. The number of fused-ring (bicyclic) bond motifs is 1. The number of benzene rings is 2. The molecular formula is C18H20N2O3S. The van der Waals surface area contributed by atoms with Crippen molar-refractivity contribution in [1.29, 1.82) is 0 Å². The first-order chi connectivity index (χ1) is 11.3. The largest absolute Gasteiger partial charge is 0.359 e. The van der Waals surface area contributed by atoms with Gasteiger partial charge in [-0.1, -0.05) is 24.3 Å². The molecule has 0 saturated carbocycles. The maximum absolute atomic E-state index is 12.4. The SMILES string of the molecule is CC1Cc2ccccc2N1CC(=O)Nc1cccc(S(C)(=O)=O)c1. The van der Waals surface area contributed by atoms with Gasteiger partial charge in [-0.15, -0.1) is 0 Å². The van der Waals surface area contributed by atoms with Crippen molar-refractivity contribution in [2.24, 2.45) is 0 Å². The predicted octanol–water partition coefficient (Wildman–Crippen LogP) is 2.48. The van der Waals surface area contributed by atoms with E-state index in [0.717, 1.165) is 18.4 Å². The van der Waals surface area contributed by atoms with Gasteiger partial charge >= 0.3 is 0 Å². The predicted molar refractivity (Wildman–Crippen MR) is 95.1 cm³/mol. The van der Waals surface area contributed by atoms with Crippen molar-refractivity contribution in [3.63, 3.8) is 0 Å². The topological polar surface area (TPSA) is 66.5 Å². The maximum atomic E-state index is 12.4. The quantitative estimate of drug-likeness (QED) is 0.925. The van der Waals surface area contributed by atoms with Crippen LogP contribution < -0.4 is 10.2 Å². The molecule has 0 aliphatic carbocycles. The molecule has 2 aromatic carbocycles. The number of sulfone groups is 1. The lowest BCUT2D eigenvalue weighted by Gasteiger charge is -2.24. The zero-order valence-corrected chi connectivity index (χ0v) is 14.5. The second kappa shape index (κ2) is 6.28. The Morgan fingerprint density at radius 1 is 1.21 bits per heavy atom. The van der Waals surface area contributed by atoms with Gasteiger partial charge in [0.05, 0.1) is 11.4 Å². The van der Waals surface area contributed by atoms with E-state index in [9.17, 15) is 13.2 Å². The Labute approximate surface area is 142 Å². The minimum Gasteiger partial charge on any atom is -0.359 e. The number of para-hydroxylation sites is 1. The van der Waals surface area contributed by atoms with Gasteiger partial charge in [0.1, 0.15) is 0 Å². The van der Waals surface area contributed by atoms with Crippen molar-refractivity contribution in [2.45, 2.75) is 24.3 Å². The lowest BCUT2D eigenvalue weighted by atomic mass is 10.1. The van der Waals surface area contributed by atoms with Crippen LogP contribution in [0.1, 0.15) is 12.5 Å². The second-order valence-corrected chi connectivity index (χ2v) is 8.17. The molecule has 5 nitrogen and oxygen atoms in total. The Balaban J connectivity index is 1.73. The molecule has 1 aliphatic rings. The monoisotopic (exact) mass is 344 g/mol. The molecule has 3 rings (SSSR count). The first kappa shape index (κ1) is 16.5. The average Bonchev–Trinajstić information content (AvgIpc) is 2.83. The molecule has 0 bridgehead atoms. The summed E-state index contributed by atoms with van der Waals surface area (Å²) in [6, 6.07) is 14.7. The van der Waals surface area contributed by atoms with Crippen molar-refractivity contribution in [3.8, 4) is 0 Å². The van der Waals surface area contributed by atoms with Gasteiger partial charge in [-0.3, -0.25) is 4.79 Å². The van der Waals surface area contributed by atoms with Crippen LogP contribution >= 0.6 is 0 Å². The summed E-state index contributed by atoms with van der Waals surface area (Å²) in [5.41, 5.74) is 2.82. The third kappa shape index (κ3) is 3.43. The molecule has 1 unspecified atom stereocenters. The highest BCUT2D eigenvalue weighted by Crippen LogP contribution is 2.31. The molecule has 1 aliphatic heterocycles. The molecule has 1 amide bonds. The van der Waals surface area contributed by atoms with Gasteiger partial charge in [0, 0.05) is 23.7 Å². The Morgan fingerprint density at radius 3 is 2.71 bits per heavy atom. The highest BCUT2D eigenvalue weighted by Gasteiger charge is 2.27. The molecule has 0 aromatic heterocycles. The van der Waals surface area contributed by atoms with E-state index < -0.39 is 9.84 Å². The van der Waals surface area contributed by atoms with E-state index in [1.54, 1.807) is 12.1 Å². The number of nitrogens with zero attached hydrogens (tertiary/aromatic N) is 1. The molecule has 1 atom stereocenters. The molecular weight excluding hydrogens is 324 g/mol. The fourth-order valence-electron chi connectivity index (χ4n) is 3.03. The summed E-state index contributed by atoms with van der Waals surface area (Å²) in [6.45, 7) is 2.33. The Kier molecular flexibility index (Phi) is 4.32. The minimum atomic E-state index is -3.29. The fraction of sp³-hybridized carbons (Fsp3) is 0.278. The molecule has 1 heterocycles. The molecule has 6 heteroatoms. The van der Waals surface area contributed by atoms with E-state index in [0.29, 0.717) is 5.69 Å². The summed E-state index contributed by atoms with van der Waals surface area (Å²) >= 11 is 0. The van der Waals surface area contributed by atoms with Crippen LogP contribution in [0.5, 0.6) is 0 Å². The van der Waals surface area contributed by atoms with Crippen LogP contribution in [0.25, 0.3) is 0 Å². The van der Waals surface area contributed by atoms with Crippen LogP contribution in [0.3, 0.4) is 0 Å². The highest BCUT2D eigenvalue weighted by atomic mass is 32.2. The standard InChI is InChI=1S/C18H20N2O3S/c1-13-10-14-6-3-4-9-17(14)20(13)12-18(21)19-15-7-5-8-16(11-15)24(2,22)23/h3-9,11,13H,10,12H2,1-2H3,(H,19,21). The zero-order chi connectivity index (χ0) is 17.3. The summed E-state index contributed by atoms with van der Waals surface area (Å²) in [5.74, 6) is -0.163. The van der Waals surface area contributed by atoms with E-state index >= 15 is 0 Å². The van der Waals surface area contributed by atoms with Gasteiger partial charge in [0.25, 0.3) is 0 Å². The molecule has 24 heavy (non-hydrogen) atoms. The van der Waals surface area contributed by atoms with Crippen molar-refractivity contribution in [3.05, 3.63) is 54.1 Å². The lowest BCUT2D eigenvalue weighted by molar-refractivity contribution is -0.115. The number of hydrogen-bond acceptors (Lipinski definition) is 4. The second-order valence-electron chi connectivity index (χ2n) is 6.16. The van der Waals surface area contributed by atoms with Gasteiger partial charge in [0.2, 0.25) is 5.91 Å².